The molecule has 1 unspecified atom stereocenters. The van der Waals surface area contributed by atoms with E-state index in [4.69, 9.17) is 9.47 Å². The van der Waals surface area contributed by atoms with Crippen LogP contribution >= 0.6 is 0 Å². The molecular weight excluding hydrogens is 142 g/mol. The zero-order valence-corrected chi connectivity index (χ0v) is 6.93. The van der Waals surface area contributed by atoms with Crippen molar-refractivity contribution in [2.45, 2.75) is 19.1 Å². The molecule has 0 aromatic rings. The molecule has 3 nitrogen and oxygen atoms in total. The fraction of sp³-hybridized carbons (Fsp3) is 1.00. The van der Waals surface area contributed by atoms with Crippen LogP contribution < -0.4 is 5.32 Å². The van der Waals surface area contributed by atoms with E-state index in [1.165, 1.54) is 0 Å². The maximum atomic E-state index is 5.62. The quantitative estimate of drug-likeness (QED) is 0.596. The topological polar surface area (TPSA) is 30.5 Å². The predicted molar refractivity (Wildman–Crippen MR) is 41.3 cm³/mol. The molecule has 0 aliphatic carbocycles. The Labute approximate surface area is 67.1 Å². The average Bonchev–Trinajstić information content (AvgIpc) is 2.62. The minimum absolute atomic E-state index is 0.255. The molecule has 2 heterocycles. The van der Waals surface area contributed by atoms with Crippen LogP contribution in [0.15, 0.2) is 0 Å². The van der Waals surface area contributed by atoms with Gasteiger partial charge in [-0.2, -0.15) is 0 Å². The van der Waals surface area contributed by atoms with Gasteiger partial charge in [-0.3, -0.25) is 0 Å². The van der Waals surface area contributed by atoms with Crippen molar-refractivity contribution < 1.29 is 9.47 Å². The first kappa shape index (κ1) is 7.53. The van der Waals surface area contributed by atoms with E-state index < -0.39 is 0 Å². The van der Waals surface area contributed by atoms with E-state index in [0.29, 0.717) is 5.92 Å². The molecular formula is C8H15NO2. The van der Waals surface area contributed by atoms with Crippen LogP contribution in [0.3, 0.4) is 0 Å². The molecule has 1 atom stereocenters. The highest BCUT2D eigenvalue weighted by atomic mass is 16.7. The van der Waals surface area contributed by atoms with E-state index in [-0.39, 0.29) is 5.79 Å². The summed E-state index contributed by atoms with van der Waals surface area (Å²) in [5, 5.41) is 3.31. The third-order valence-corrected chi connectivity index (χ3v) is 2.65. The molecule has 1 N–H and O–H groups in total. The normalized spacial score (nSPS) is 35.2. The summed E-state index contributed by atoms with van der Waals surface area (Å²) in [4.78, 5) is 0. The molecule has 0 bridgehead atoms. The summed E-state index contributed by atoms with van der Waals surface area (Å²) in [5.74, 6) is 0.291. The van der Waals surface area contributed by atoms with Crippen molar-refractivity contribution in [1.29, 1.82) is 0 Å². The van der Waals surface area contributed by atoms with Crippen LogP contribution in [0.4, 0.5) is 0 Å². The molecule has 2 saturated heterocycles. The van der Waals surface area contributed by atoms with Gasteiger partial charge in [0.05, 0.1) is 19.8 Å². The van der Waals surface area contributed by atoms with E-state index in [9.17, 15) is 0 Å². The molecule has 0 radical (unpaired) electrons. The van der Waals surface area contributed by atoms with Crippen molar-refractivity contribution in [3.63, 3.8) is 0 Å². The van der Waals surface area contributed by atoms with Crippen molar-refractivity contribution in [2.75, 3.05) is 26.3 Å². The van der Waals surface area contributed by atoms with Gasteiger partial charge in [0.1, 0.15) is 0 Å². The van der Waals surface area contributed by atoms with Gasteiger partial charge in [0, 0.05) is 12.5 Å². The lowest BCUT2D eigenvalue weighted by molar-refractivity contribution is -0.170. The van der Waals surface area contributed by atoms with Gasteiger partial charge in [0.15, 0.2) is 5.79 Å². The summed E-state index contributed by atoms with van der Waals surface area (Å²) in [7, 11) is 0. The number of hydrogen-bond donors (Lipinski definition) is 1. The molecule has 0 saturated carbocycles. The highest BCUT2D eigenvalue weighted by Crippen LogP contribution is 2.33. The smallest absolute Gasteiger partial charge is 0.184 e. The van der Waals surface area contributed by atoms with Crippen LogP contribution in [0.1, 0.15) is 13.3 Å². The summed E-state index contributed by atoms with van der Waals surface area (Å²) in [6.45, 7) is 5.61. The second-order valence-electron chi connectivity index (χ2n) is 3.24. The van der Waals surface area contributed by atoms with Crippen LogP contribution in [0.25, 0.3) is 0 Å². The highest BCUT2D eigenvalue weighted by molar-refractivity contribution is 4.91. The first-order chi connectivity index (χ1) is 5.37. The Bertz CT molecular complexity index is 138. The number of ether oxygens (including phenoxy) is 2. The van der Waals surface area contributed by atoms with E-state index in [1.54, 1.807) is 0 Å². The van der Waals surface area contributed by atoms with Crippen molar-refractivity contribution in [3.05, 3.63) is 0 Å². The second kappa shape index (κ2) is 2.73. The summed E-state index contributed by atoms with van der Waals surface area (Å²) in [6.07, 6.45) is 1.13. The van der Waals surface area contributed by atoms with E-state index in [0.717, 1.165) is 32.7 Å². The monoisotopic (exact) mass is 157 g/mol. The molecule has 2 aliphatic rings. The molecule has 2 rings (SSSR count). The maximum Gasteiger partial charge on any atom is 0.184 e. The van der Waals surface area contributed by atoms with Gasteiger partial charge < -0.3 is 14.8 Å². The summed E-state index contributed by atoms with van der Waals surface area (Å²) >= 11 is 0. The Morgan fingerprint density at radius 2 is 2.18 bits per heavy atom. The van der Waals surface area contributed by atoms with E-state index >= 15 is 0 Å². The van der Waals surface area contributed by atoms with Gasteiger partial charge in [-0.1, -0.05) is 6.92 Å². The van der Waals surface area contributed by atoms with Crippen LogP contribution in [-0.4, -0.2) is 32.1 Å². The molecule has 0 aromatic carbocycles. The molecule has 2 aliphatic heterocycles. The molecule has 0 aromatic heterocycles. The van der Waals surface area contributed by atoms with Crippen molar-refractivity contribution >= 4 is 0 Å². The minimum atomic E-state index is -0.255. The predicted octanol–water partition coefficient (Wildman–Crippen LogP) is 0.359. The first-order valence-electron chi connectivity index (χ1n) is 4.36. The standard InChI is InChI=1S/C8H15NO2/c1-2-7-5-9-6-8(7)10-3-4-11-8/h7,9H,2-6H2,1H3. The van der Waals surface area contributed by atoms with Crippen LogP contribution in [0.5, 0.6) is 0 Å². The summed E-state index contributed by atoms with van der Waals surface area (Å²) < 4.78 is 11.2. The van der Waals surface area contributed by atoms with Gasteiger partial charge in [0.2, 0.25) is 0 Å². The summed E-state index contributed by atoms with van der Waals surface area (Å²) in [5.41, 5.74) is 0. The third kappa shape index (κ3) is 1.08. The zero-order chi connectivity index (χ0) is 7.73. The van der Waals surface area contributed by atoms with Crippen LogP contribution in [-0.2, 0) is 9.47 Å². The van der Waals surface area contributed by atoms with Crippen molar-refractivity contribution in [2.24, 2.45) is 5.92 Å². The molecule has 2 fully saturated rings. The molecule has 64 valence electrons. The third-order valence-electron chi connectivity index (χ3n) is 2.65. The molecule has 3 heteroatoms. The first-order valence-corrected chi connectivity index (χ1v) is 4.36. The maximum absolute atomic E-state index is 5.62. The average molecular weight is 157 g/mol. The van der Waals surface area contributed by atoms with Gasteiger partial charge in [-0.05, 0) is 6.42 Å². The lowest BCUT2D eigenvalue weighted by Gasteiger charge is -2.27. The fourth-order valence-electron chi connectivity index (χ4n) is 1.98. The number of nitrogens with one attached hydrogen (secondary N) is 1. The minimum Gasteiger partial charge on any atom is -0.346 e. The number of rotatable bonds is 1. The van der Waals surface area contributed by atoms with Crippen LogP contribution in [0, 0.1) is 5.92 Å². The van der Waals surface area contributed by atoms with Gasteiger partial charge in [-0.25, -0.2) is 0 Å². The van der Waals surface area contributed by atoms with Crippen molar-refractivity contribution in [3.8, 4) is 0 Å². The molecule has 11 heavy (non-hydrogen) atoms. The van der Waals surface area contributed by atoms with Crippen molar-refractivity contribution in [1.82, 2.24) is 5.32 Å². The lowest BCUT2D eigenvalue weighted by Crippen LogP contribution is -2.38. The molecule has 0 amide bonds. The van der Waals surface area contributed by atoms with E-state index in [2.05, 4.69) is 12.2 Å². The Hall–Kier alpha value is -0.120. The summed E-state index contributed by atoms with van der Waals surface area (Å²) in [6, 6.07) is 0. The van der Waals surface area contributed by atoms with Gasteiger partial charge in [-0.15, -0.1) is 0 Å². The molecule has 1 spiro atoms. The SMILES string of the molecule is CCC1CNCC12OCCO2. The van der Waals surface area contributed by atoms with Gasteiger partial charge in [0.25, 0.3) is 0 Å². The number of hydrogen-bond acceptors (Lipinski definition) is 3. The lowest BCUT2D eigenvalue weighted by atomic mass is 10.00. The Morgan fingerprint density at radius 1 is 1.45 bits per heavy atom. The Morgan fingerprint density at radius 3 is 2.82 bits per heavy atom. The van der Waals surface area contributed by atoms with Gasteiger partial charge >= 0.3 is 0 Å². The fourth-order valence-corrected chi connectivity index (χ4v) is 1.98. The highest BCUT2D eigenvalue weighted by Gasteiger charge is 2.46. The Kier molecular flexibility index (Phi) is 1.87. The largest absolute Gasteiger partial charge is 0.346 e. The van der Waals surface area contributed by atoms with Crippen LogP contribution in [0.2, 0.25) is 0 Å². The Balaban J connectivity index is 2.09. The zero-order valence-electron chi connectivity index (χ0n) is 6.93. The van der Waals surface area contributed by atoms with E-state index in [1.807, 2.05) is 0 Å². The second-order valence-corrected chi connectivity index (χ2v) is 3.24.